The van der Waals surface area contributed by atoms with Gasteiger partial charge in [0.15, 0.2) is 0 Å². The summed E-state index contributed by atoms with van der Waals surface area (Å²) in [6.07, 6.45) is 3.71. The van der Waals surface area contributed by atoms with Gasteiger partial charge in [-0.3, -0.25) is 4.98 Å². The van der Waals surface area contributed by atoms with Gasteiger partial charge in [0.2, 0.25) is 0 Å². The molecule has 1 atom stereocenters. The topological polar surface area (TPSA) is 33.1 Å². The lowest BCUT2D eigenvalue weighted by molar-refractivity contribution is 0.180. The first-order valence-corrected chi connectivity index (χ1v) is 6.80. The van der Waals surface area contributed by atoms with E-state index in [2.05, 4.69) is 30.1 Å². The summed E-state index contributed by atoms with van der Waals surface area (Å²) < 4.78 is 0. The molecule has 0 saturated heterocycles. The van der Waals surface area contributed by atoms with Gasteiger partial charge in [0, 0.05) is 24.2 Å². The number of benzene rings is 2. The van der Waals surface area contributed by atoms with Crippen molar-refractivity contribution in [3.63, 3.8) is 0 Å². The highest BCUT2D eigenvalue weighted by molar-refractivity contribution is 5.85. The third-order valence-electron chi connectivity index (χ3n) is 3.59. The van der Waals surface area contributed by atoms with Gasteiger partial charge in [0.05, 0.1) is 6.10 Å². The summed E-state index contributed by atoms with van der Waals surface area (Å²) in [5, 5.41) is 12.7. The first-order chi connectivity index (χ1) is 9.74. The Bertz CT molecular complexity index is 731. The molecule has 1 heterocycles. The Morgan fingerprint density at radius 3 is 2.80 bits per heavy atom. The van der Waals surface area contributed by atoms with E-state index in [1.165, 1.54) is 5.56 Å². The van der Waals surface area contributed by atoms with Gasteiger partial charge in [-0.25, -0.2) is 0 Å². The van der Waals surface area contributed by atoms with Gasteiger partial charge in [0.1, 0.15) is 0 Å². The third-order valence-corrected chi connectivity index (χ3v) is 3.59. The van der Waals surface area contributed by atoms with Crippen LogP contribution in [0.15, 0.2) is 60.9 Å². The van der Waals surface area contributed by atoms with Crippen LogP contribution in [-0.2, 0) is 6.42 Å². The largest absolute Gasteiger partial charge is 0.388 e. The molecule has 0 amide bonds. The smallest absolute Gasteiger partial charge is 0.0836 e. The van der Waals surface area contributed by atoms with Gasteiger partial charge < -0.3 is 5.11 Å². The summed E-state index contributed by atoms with van der Waals surface area (Å²) in [4.78, 5) is 4.17. The molecule has 100 valence electrons. The van der Waals surface area contributed by atoms with E-state index in [1.54, 1.807) is 6.20 Å². The molecular formula is C18H17NO. The van der Waals surface area contributed by atoms with Crippen molar-refractivity contribution in [2.75, 3.05) is 0 Å². The monoisotopic (exact) mass is 263 g/mol. The predicted molar refractivity (Wildman–Crippen MR) is 81.6 cm³/mol. The molecule has 1 aromatic heterocycles. The minimum absolute atomic E-state index is 0.510. The fourth-order valence-electron chi connectivity index (χ4n) is 2.60. The molecule has 3 aromatic rings. The average Bonchev–Trinajstić information content (AvgIpc) is 2.46. The molecule has 0 radical (unpaired) electrons. The van der Waals surface area contributed by atoms with Crippen LogP contribution in [0.5, 0.6) is 0 Å². The normalized spacial score (nSPS) is 12.5. The number of pyridine rings is 1. The summed E-state index contributed by atoms with van der Waals surface area (Å²) in [5.74, 6) is 0. The van der Waals surface area contributed by atoms with Crippen LogP contribution in [0, 0.1) is 6.92 Å². The molecule has 0 bridgehead atoms. The van der Waals surface area contributed by atoms with Crippen molar-refractivity contribution in [2.24, 2.45) is 0 Å². The Labute approximate surface area is 118 Å². The second kappa shape index (κ2) is 5.43. The minimum atomic E-state index is -0.510. The van der Waals surface area contributed by atoms with E-state index in [0.717, 1.165) is 21.9 Å². The molecule has 2 aromatic carbocycles. The maximum absolute atomic E-state index is 10.5. The van der Waals surface area contributed by atoms with Crippen LogP contribution in [0.1, 0.15) is 22.8 Å². The van der Waals surface area contributed by atoms with Crippen molar-refractivity contribution in [1.82, 2.24) is 4.98 Å². The zero-order valence-corrected chi connectivity index (χ0v) is 11.5. The van der Waals surface area contributed by atoms with E-state index in [1.807, 2.05) is 36.5 Å². The Balaban J connectivity index is 1.94. The zero-order valence-electron chi connectivity index (χ0n) is 11.5. The number of hydrogen-bond acceptors (Lipinski definition) is 2. The van der Waals surface area contributed by atoms with Gasteiger partial charge in [-0.05, 0) is 29.5 Å². The summed E-state index contributed by atoms with van der Waals surface area (Å²) in [6, 6.07) is 16.2. The molecule has 0 saturated carbocycles. The lowest BCUT2D eigenvalue weighted by Gasteiger charge is -2.14. The standard InChI is InChI=1S/C18H17NO/c1-13-4-2-5-14(10-13)11-18(20)16-7-3-6-15-8-9-19-12-17(15)16/h2-10,12,18,20H,11H2,1H3. The second-order valence-corrected chi connectivity index (χ2v) is 5.15. The summed E-state index contributed by atoms with van der Waals surface area (Å²) >= 11 is 0. The number of nitrogens with zero attached hydrogens (tertiary/aromatic N) is 1. The minimum Gasteiger partial charge on any atom is -0.388 e. The van der Waals surface area contributed by atoms with Crippen LogP contribution in [0.4, 0.5) is 0 Å². The average molecular weight is 263 g/mol. The van der Waals surface area contributed by atoms with E-state index in [4.69, 9.17) is 0 Å². The Hall–Kier alpha value is -2.19. The van der Waals surface area contributed by atoms with E-state index in [9.17, 15) is 5.11 Å². The van der Waals surface area contributed by atoms with Crippen molar-refractivity contribution in [3.05, 3.63) is 77.6 Å². The molecule has 3 rings (SSSR count). The summed E-state index contributed by atoms with van der Waals surface area (Å²) in [7, 11) is 0. The third kappa shape index (κ3) is 2.56. The highest BCUT2D eigenvalue weighted by Crippen LogP contribution is 2.26. The number of aliphatic hydroxyl groups excluding tert-OH is 1. The number of aromatic nitrogens is 1. The van der Waals surface area contributed by atoms with Crippen molar-refractivity contribution in [2.45, 2.75) is 19.4 Å². The molecule has 0 fully saturated rings. The molecule has 2 heteroatoms. The lowest BCUT2D eigenvalue weighted by Crippen LogP contribution is -2.03. The maximum Gasteiger partial charge on any atom is 0.0836 e. The Morgan fingerprint density at radius 2 is 1.95 bits per heavy atom. The molecule has 0 aliphatic rings. The number of rotatable bonds is 3. The van der Waals surface area contributed by atoms with Crippen LogP contribution in [0.2, 0.25) is 0 Å². The van der Waals surface area contributed by atoms with E-state index >= 15 is 0 Å². The first kappa shape index (κ1) is 12.8. The van der Waals surface area contributed by atoms with E-state index < -0.39 is 6.10 Å². The highest BCUT2D eigenvalue weighted by Gasteiger charge is 2.12. The van der Waals surface area contributed by atoms with Crippen LogP contribution in [0.3, 0.4) is 0 Å². The van der Waals surface area contributed by atoms with E-state index in [0.29, 0.717) is 6.42 Å². The fraction of sp³-hybridized carbons (Fsp3) is 0.167. The Morgan fingerprint density at radius 1 is 1.10 bits per heavy atom. The van der Waals surface area contributed by atoms with Crippen LogP contribution in [0.25, 0.3) is 10.8 Å². The van der Waals surface area contributed by atoms with Crippen molar-refractivity contribution in [1.29, 1.82) is 0 Å². The second-order valence-electron chi connectivity index (χ2n) is 5.15. The number of fused-ring (bicyclic) bond motifs is 1. The van der Waals surface area contributed by atoms with Crippen LogP contribution in [-0.4, -0.2) is 10.1 Å². The van der Waals surface area contributed by atoms with Gasteiger partial charge >= 0.3 is 0 Å². The molecule has 0 spiro atoms. The van der Waals surface area contributed by atoms with Gasteiger partial charge in [-0.15, -0.1) is 0 Å². The lowest BCUT2D eigenvalue weighted by atomic mass is 9.96. The first-order valence-electron chi connectivity index (χ1n) is 6.80. The molecule has 0 aliphatic carbocycles. The number of aryl methyl sites for hydroxylation is 1. The summed E-state index contributed by atoms with van der Waals surface area (Å²) in [5.41, 5.74) is 3.31. The number of aliphatic hydroxyl groups is 1. The van der Waals surface area contributed by atoms with E-state index in [-0.39, 0.29) is 0 Å². The number of hydrogen-bond donors (Lipinski definition) is 1. The zero-order chi connectivity index (χ0) is 13.9. The molecule has 2 nitrogen and oxygen atoms in total. The van der Waals surface area contributed by atoms with Gasteiger partial charge in [0.25, 0.3) is 0 Å². The molecule has 1 unspecified atom stereocenters. The molecule has 20 heavy (non-hydrogen) atoms. The van der Waals surface area contributed by atoms with Crippen LogP contribution < -0.4 is 0 Å². The Kier molecular flexibility index (Phi) is 3.48. The quantitative estimate of drug-likeness (QED) is 0.779. The van der Waals surface area contributed by atoms with Gasteiger partial charge in [-0.2, -0.15) is 0 Å². The molecular weight excluding hydrogens is 246 g/mol. The SMILES string of the molecule is Cc1cccc(CC(O)c2cccc3ccncc23)c1. The highest BCUT2D eigenvalue weighted by atomic mass is 16.3. The van der Waals surface area contributed by atoms with Crippen LogP contribution >= 0.6 is 0 Å². The maximum atomic E-state index is 10.5. The van der Waals surface area contributed by atoms with Crippen molar-refractivity contribution < 1.29 is 5.11 Å². The predicted octanol–water partition coefficient (Wildman–Crippen LogP) is 3.82. The van der Waals surface area contributed by atoms with Crippen molar-refractivity contribution >= 4 is 10.8 Å². The van der Waals surface area contributed by atoms with Gasteiger partial charge in [-0.1, -0.05) is 48.0 Å². The molecule has 0 aliphatic heterocycles. The van der Waals surface area contributed by atoms with Crippen molar-refractivity contribution in [3.8, 4) is 0 Å². The molecule has 1 N–H and O–H groups in total. The summed E-state index contributed by atoms with van der Waals surface area (Å²) in [6.45, 7) is 2.07. The fourth-order valence-corrected chi connectivity index (χ4v) is 2.60.